The Balaban J connectivity index is 1.46. The van der Waals surface area contributed by atoms with E-state index in [1.54, 1.807) is 13.0 Å². The summed E-state index contributed by atoms with van der Waals surface area (Å²) in [6.45, 7) is 1.10. The summed E-state index contributed by atoms with van der Waals surface area (Å²) >= 11 is 0. The van der Waals surface area contributed by atoms with E-state index in [1.807, 2.05) is 30.3 Å². The molecule has 1 fully saturated rings. The van der Waals surface area contributed by atoms with Gasteiger partial charge in [0.25, 0.3) is 11.6 Å². The summed E-state index contributed by atoms with van der Waals surface area (Å²) in [5, 5.41) is 9.23. The van der Waals surface area contributed by atoms with Gasteiger partial charge in [-0.25, -0.2) is 14.6 Å². The number of aryl methyl sites for hydroxylation is 1. The average molecular weight is 422 g/mol. The SMILES string of the molecule is Cc1noc2nc(-c3ccccc3)cc(C(=O)OCC(=O)NC(=O)NC3CCCC3)c12. The number of benzene rings is 1. The van der Waals surface area contributed by atoms with Crippen LogP contribution in [-0.4, -0.2) is 40.7 Å². The molecule has 2 N–H and O–H groups in total. The highest BCUT2D eigenvalue weighted by Crippen LogP contribution is 2.27. The Kier molecular flexibility index (Phi) is 5.92. The predicted molar refractivity (Wildman–Crippen MR) is 111 cm³/mol. The van der Waals surface area contributed by atoms with Crippen LogP contribution < -0.4 is 10.6 Å². The average Bonchev–Trinajstić information content (AvgIpc) is 3.41. The molecular weight excluding hydrogens is 400 g/mol. The Morgan fingerprint density at radius 3 is 2.65 bits per heavy atom. The summed E-state index contributed by atoms with van der Waals surface area (Å²) in [5.74, 6) is -1.44. The predicted octanol–water partition coefficient (Wildman–Crippen LogP) is 3.12. The van der Waals surface area contributed by atoms with Crippen LogP contribution >= 0.6 is 0 Å². The second-order valence-corrected chi connectivity index (χ2v) is 7.45. The van der Waals surface area contributed by atoms with E-state index in [0.717, 1.165) is 31.2 Å². The molecule has 0 aliphatic heterocycles. The molecule has 0 spiro atoms. The minimum atomic E-state index is -0.734. The summed E-state index contributed by atoms with van der Waals surface area (Å²) in [5.41, 5.74) is 2.16. The van der Waals surface area contributed by atoms with Gasteiger partial charge in [0.05, 0.1) is 22.3 Å². The van der Waals surface area contributed by atoms with E-state index in [-0.39, 0.29) is 17.3 Å². The maximum atomic E-state index is 12.8. The molecule has 1 aliphatic carbocycles. The fourth-order valence-electron chi connectivity index (χ4n) is 3.68. The second kappa shape index (κ2) is 8.95. The Bertz CT molecular complexity index is 1120. The standard InChI is InChI=1S/C22H22N4O5/c1-13-19-16(11-17(24-20(19)31-26-13)14-7-3-2-4-8-14)21(28)30-12-18(27)25-22(29)23-15-9-5-6-10-15/h2-4,7-8,11,15H,5-6,9-10,12H2,1H3,(H2,23,25,27,29). The third kappa shape index (κ3) is 4.71. The van der Waals surface area contributed by atoms with E-state index < -0.39 is 24.5 Å². The molecule has 0 bridgehead atoms. The first-order chi connectivity index (χ1) is 15.0. The summed E-state index contributed by atoms with van der Waals surface area (Å²) in [7, 11) is 0. The number of amides is 3. The highest BCUT2D eigenvalue weighted by molar-refractivity contribution is 6.05. The van der Waals surface area contributed by atoms with Crippen molar-refractivity contribution in [3.8, 4) is 11.3 Å². The third-order valence-corrected chi connectivity index (χ3v) is 5.18. The van der Waals surface area contributed by atoms with Gasteiger partial charge in [-0.1, -0.05) is 48.3 Å². The molecule has 1 aromatic carbocycles. The molecular formula is C22H22N4O5. The monoisotopic (exact) mass is 422 g/mol. The van der Waals surface area contributed by atoms with Crippen LogP contribution in [0.15, 0.2) is 40.9 Å². The third-order valence-electron chi connectivity index (χ3n) is 5.18. The molecule has 3 amide bonds. The van der Waals surface area contributed by atoms with Crippen LogP contribution in [0.4, 0.5) is 4.79 Å². The van der Waals surface area contributed by atoms with Crippen molar-refractivity contribution in [1.82, 2.24) is 20.8 Å². The quantitative estimate of drug-likeness (QED) is 0.606. The van der Waals surface area contributed by atoms with Crippen molar-refractivity contribution in [2.75, 3.05) is 6.61 Å². The molecule has 2 heterocycles. The van der Waals surface area contributed by atoms with Gasteiger partial charge in [-0.3, -0.25) is 10.1 Å². The topological polar surface area (TPSA) is 123 Å². The summed E-state index contributed by atoms with van der Waals surface area (Å²) in [4.78, 5) is 41.1. The van der Waals surface area contributed by atoms with Gasteiger partial charge in [0.1, 0.15) is 0 Å². The molecule has 3 aromatic rings. The largest absolute Gasteiger partial charge is 0.452 e. The van der Waals surface area contributed by atoms with Crippen LogP contribution in [0.2, 0.25) is 0 Å². The van der Waals surface area contributed by atoms with Crippen molar-refractivity contribution in [3.63, 3.8) is 0 Å². The number of fused-ring (bicyclic) bond motifs is 1. The molecule has 1 saturated carbocycles. The fraction of sp³-hybridized carbons (Fsp3) is 0.318. The van der Waals surface area contributed by atoms with Crippen LogP contribution in [0, 0.1) is 6.92 Å². The van der Waals surface area contributed by atoms with Gasteiger partial charge in [-0.05, 0) is 25.8 Å². The molecule has 9 heteroatoms. The maximum Gasteiger partial charge on any atom is 0.339 e. The zero-order valence-corrected chi connectivity index (χ0v) is 17.0. The van der Waals surface area contributed by atoms with Crippen LogP contribution in [0.3, 0.4) is 0 Å². The minimum absolute atomic E-state index is 0.0772. The number of rotatable bonds is 5. The molecule has 2 aromatic heterocycles. The fourth-order valence-corrected chi connectivity index (χ4v) is 3.68. The number of ether oxygens (including phenoxy) is 1. The van der Waals surface area contributed by atoms with Gasteiger partial charge < -0.3 is 14.6 Å². The summed E-state index contributed by atoms with van der Waals surface area (Å²) in [6, 6.07) is 10.4. The molecule has 0 radical (unpaired) electrons. The second-order valence-electron chi connectivity index (χ2n) is 7.45. The number of esters is 1. The lowest BCUT2D eigenvalue weighted by molar-refractivity contribution is -0.123. The number of hydrogen-bond acceptors (Lipinski definition) is 7. The van der Waals surface area contributed by atoms with E-state index >= 15 is 0 Å². The van der Waals surface area contributed by atoms with Crippen LogP contribution in [0.25, 0.3) is 22.4 Å². The van der Waals surface area contributed by atoms with Crippen molar-refractivity contribution in [2.24, 2.45) is 0 Å². The number of imide groups is 1. The summed E-state index contributed by atoms with van der Waals surface area (Å²) in [6.07, 6.45) is 3.92. The highest BCUT2D eigenvalue weighted by atomic mass is 16.5. The molecule has 0 unspecified atom stereocenters. The Morgan fingerprint density at radius 2 is 1.90 bits per heavy atom. The van der Waals surface area contributed by atoms with E-state index in [1.165, 1.54) is 0 Å². The number of hydrogen-bond donors (Lipinski definition) is 2. The molecule has 9 nitrogen and oxygen atoms in total. The number of carbonyl (C=O) groups is 3. The van der Waals surface area contributed by atoms with Gasteiger partial charge in [-0.15, -0.1) is 0 Å². The normalized spacial score (nSPS) is 13.8. The Labute approximate surface area is 178 Å². The van der Waals surface area contributed by atoms with Gasteiger partial charge in [0, 0.05) is 11.6 Å². The van der Waals surface area contributed by atoms with Crippen LogP contribution in [-0.2, 0) is 9.53 Å². The van der Waals surface area contributed by atoms with Crippen molar-refractivity contribution >= 4 is 29.0 Å². The van der Waals surface area contributed by atoms with Crippen LogP contribution in [0.5, 0.6) is 0 Å². The first-order valence-corrected chi connectivity index (χ1v) is 10.1. The zero-order chi connectivity index (χ0) is 21.8. The van der Waals surface area contributed by atoms with Gasteiger partial charge in [-0.2, -0.15) is 0 Å². The number of nitrogens with one attached hydrogen (secondary N) is 2. The van der Waals surface area contributed by atoms with E-state index in [4.69, 9.17) is 9.26 Å². The number of nitrogens with zero attached hydrogens (tertiary/aromatic N) is 2. The molecule has 160 valence electrons. The summed E-state index contributed by atoms with van der Waals surface area (Å²) < 4.78 is 10.4. The van der Waals surface area contributed by atoms with E-state index in [0.29, 0.717) is 16.8 Å². The molecule has 0 saturated heterocycles. The smallest absolute Gasteiger partial charge is 0.339 e. The number of carbonyl (C=O) groups excluding carboxylic acids is 3. The highest BCUT2D eigenvalue weighted by Gasteiger charge is 2.22. The Morgan fingerprint density at radius 1 is 1.16 bits per heavy atom. The lowest BCUT2D eigenvalue weighted by atomic mass is 10.1. The number of pyridine rings is 1. The van der Waals surface area contributed by atoms with Crippen molar-refractivity contribution in [2.45, 2.75) is 38.6 Å². The van der Waals surface area contributed by atoms with Crippen LogP contribution in [0.1, 0.15) is 41.7 Å². The first-order valence-electron chi connectivity index (χ1n) is 10.1. The maximum absolute atomic E-state index is 12.8. The number of aromatic nitrogens is 2. The number of urea groups is 1. The van der Waals surface area contributed by atoms with Gasteiger partial charge >= 0.3 is 12.0 Å². The lowest BCUT2D eigenvalue weighted by Gasteiger charge is -2.12. The van der Waals surface area contributed by atoms with Crippen molar-refractivity contribution in [1.29, 1.82) is 0 Å². The molecule has 1 aliphatic rings. The molecule has 31 heavy (non-hydrogen) atoms. The van der Waals surface area contributed by atoms with Crippen molar-refractivity contribution in [3.05, 3.63) is 47.7 Å². The van der Waals surface area contributed by atoms with E-state index in [9.17, 15) is 14.4 Å². The Hall–Kier alpha value is -3.75. The molecule has 4 rings (SSSR count). The zero-order valence-electron chi connectivity index (χ0n) is 17.0. The molecule has 0 atom stereocenters. The lowest BCUT2D eigenvalue weighted by Crippen LogP contribution is -2.45. The van der Waals surface area contributed by atoms with Gasteiger partial charge in [0.2, 0.25) is 0 Å². The van der Waals surface area contributed by atoms with Gasteiger partial charge in [0.15, 0.2) is 6.61 Å². The minimum Gasteiger partial charge on any atom is -0.452 e. The van der Waals surface area contributed by atoms with E-state index in [2.05, 4.69) is 20.8 Å². The van der Waals surface area contributed by atoms with Crippen molar-refractivity contribution < 1.29 is 23.6 Å². The first kappa shape index (κ1) is 20.5.